The Labute approximate surface area is 156 Å². The summed E-state index contributed by atoms with van der Waals surface area (Å²) in [5, 5.41) is 4.27. The van der Waals surface area contributed by atoms with E-state index in [2.05, 4.69) is 15.3 Å². The van der Waals surface area contributed by atoms with Gasteiger partial charge in [0.05, 0.1) is 18.9 Å². The lowest BCUT2D eigenvalue weighted by molar-refractivity contribution is -0.0108. The number of nitrogens with zero attached hydrogens (tertiary/aromatic N) is 2. The summed E-state index contributed by atoms with van der Waals surface area (Å²) in [7, 11) is 0. The molecule has 2 aromatic heterocycles. The molecule has 1 aliphatic rings. The summed E-state index contributed by atoms with van der Waals surface area (Å²) in [5.41, 5.74) is 0.685. The van der Waals surface area contributed by atoms with Crippen molar-refractivity contribution in [2.45, 2.75) is 31.9 Å². The Morgan fingerprint density at radius 3 is 2.96 bits per heavy atom. The summed E-state index contributed by atoms with van der Waals surface area (Å²) in [4.78, 5) is 8.68. The molecule has 0 bridgehead atoms. The molecule has 136 valence electrons. The van der Waals surface area contributed by atoms with Gasteiger partial charge in [0, 0.05) is 12.0 Å². The molecule has 6 nitrogen and oxygen atoms in total. The lowest BCUT2D eigenvalue weighted by Crippen LogP contribution is -2.25. The molecular weight excluding hydrogens is 354 g/mol. The number of para-hydroxylation sites is 1. The molecule has 1 aromatic carbocycles. The van der Waals surface area contributed by atoms with Gasteiger partial charge in [-0.2, -0.15) is 0 Å². The van der Waals surface area contributed by atoms with E-state index in [4.69, 9.17) is 25.5 Å². The maximum Gasteiger partial charge on any atom is 0.225 e. The molecule has 0 amide bonds. The van der Waals surface area contributed by atoms with Crippen LogP contribution in [0.1, 0.15) is 25.0 Å². The van der Waals surface area contributed by atoms with Crippen molar-refractivity contribution in [3.63, 3.8) is 0 Å². The predicted molar refractivity (Wildman–Crippen MR) is 99.7 cm³/mol. The third kappa shape index (κ3) is 3.92. The number of rotatable bonds is 6. The normalized spacial score (nSPS) is 17.3. The minimum atomic E-state index is 0.132. The molecule has 3 heterocycles. The van der Waals surface area contributed by atoms with E-state index in [0.717, 1.165) is 30.6 Å². The van der Waals surface area contributed by atoms with Gasteiger partial charge in [-0.05, 0) is 55.1 Å². The van der Waals surface area contributed by atoms with Gasteiger partial charge in [0.2, 0.25) is 5.28 Å². The van der Waals surface area contributed by atoms with Gasteiger partial charge in [-0.1, -0.05) is 6.07 Å². The second kappa shape index (κ2) is 7.93. The molecule has 1 atom stereocenters. The zero-order chi connectivity index (χ0) is 17.8. The lowest BCUT2D eigenvalue weighted by Gasteiger charge is -2.22. The van der Waals surface area contributed by atoms with E-state index >= 15 is 0 Å². The highest BCUT2D eigenvalue weighted by atomic mass is 35.5. The Hall–Kier alpha value is -2.31. The Balaban J connectivity index is 1.56. The third-order valence-corrected chi connectivity index (χ3v) is 4.54. The average Bonchev–Trinajstić information content (AvgIpc) is 3.19. The van der Waals surface area contributed by atoms with Crippen molar-refractivity contribution in [3.05, 3.63) is 47.6 Å². The zero-order valence-corrected chi connectivity index (χ0v) is 15.0. The van der Waals surface area contributed by atoms with Crippen molar-refractivity contribution in [1.82, 2.24) is 9.97 Å². The largest absolute Gasteiger partial charge is 0.489 e. The van der Waals surface area contributed by atoms with Gasteiger partial charge < -0.3 is 19.2 Å². The number of hydrogen-bond acceptors (Lipinski definition) is 6. The molecule has 1 N–H and O–H groups in total. The first-order valence-corrected chi connectivity index (χ1v) is 9.14. The van der Waals surface area contributed by atoms with Crippen molar-refractivity contribution in [2.75, 3.05) is 18.5 Å². The summed E-state index contributed by atoms with van der Waals surface area (Å²) >= 11 is 6.14. The number of ether oxygens (including phenoxy) is 2. The summed E-state index contributed by atoms with van der Waals surface area (Å²) < 4.78 is 17.1. The molecule has 7 heteroatoms. The van der Waals surface area contributed by atoms with Gasteiger partial charge in [0.1, 0.15) is 29.5 Å². The molecule has 26 heavy (non-hydrogen) atoms. The van der Waals surface area contributed by atoms with Crippen LogP contribution in [0.4, 0.5) is 5.82 Å². The van der Waals surface area contributed by atoms with Gasteiger partial charge in [0.15, 0.2) is 0 Å². The highest BCUT2D eigenvalue weighted by molar-refractivity contribution is 6.29. The van der Waals surface area contributed by atoms with Crippen LogP contribution < -0.4 is 10.1 Å². The smallest absolute Gasteiger partial charge is 0.225 e. The zero-order valence-electron chi connectivity index (χ0n) is 14.3. The maximum atomic E-state index is 6.14. The molecule has 1 unspecified atom stereocenters. The molecule has 0 aliphatic carbocycles. The van der Waals surface area contributed by atoms with Crippen LogP contribution >= 0.6 is 11.6 Å². The van der Waals surface area contributed by atoms with Crippen LogP contribution in [0.2, 0.25) is 5.28 Å². The van der Waals surface area contributed by atoms with Crippen LogP contribution in [0.25, 0.3) is 10.9 Å². The van der Waals surface area contributed by atoms with Crippen LogP contribution in [0, 0.1) is 0 Å². The second-order valence-corrected chi connectivity index (χ2v) is 6.56. The lowest BCUT2D eigenvalue weighted by atomic mass is 10.1. The number of nitrogens with one attached hydrogen (secondary N) is 1. The summed E-state index contributed by atoms with van der Waals surface area (Å²) in [5.74, 6) is 2.15. The minimum Gasteiger partial charge on any atom is -0.489 e. The van der Waals surface area contributed by atoms with Crippen molar-refractivity contribution in [1.29, 1.82) is 0 Å². The highest BCUT2D eigenvalue weighted by Gasteiger charge is 2.16. The molecule has 0 spiro atoms. The van der Waals surface area contributed by atoms with Crippen LogP contribution in [-0.2, 0) is 11.3 Å². The first kappa shape index (κ1) is 17.1. The topological polar surface area (TPSA) is 69.4 Å². The van der Waals surface area contributed by atoms with Gasteiger partial charge >= 0.3 is 0 Å². The maximum absolute atomic E-state index is 6.14. The van der Waals surface area contributed by atoms with Crippen LogP contribution in [0.5, 0.6) is 5.75 Å². The molecule has 0 radical (unpaired) electrons. The first-order chi connectivity index (χ1) is 12.8. The quantitative estimate of drug-likeness (QED) is 0.644. The minimum absolute atomic E-state index is 0.132. The van der Waals surface area contributed by atoms with Gasteiger partial charge in [-0.3, -0.25) is 0 Å². The predicted octanol–water partition coefficient (Wildman–Crippen LogP) is 4.44. The van der Waals surface area contributed by atoms with E-state index in [1.54, 1.807) is 6.26 Å². The number of halogens is 1. The van der Waals surface area contributed by atoms with Crippen LogP contribution in [0.15, 0.2) is 41.0 Å². The number of fused-ring (bicyclic) bond motifs is 1. The Bertz CT molecular complexity index is 864. The Morgan fingerprint density at radius 2 is 2.15 bits per heavy atom. The van der Waals surface area contributed by atoms with Gasteiger partial charge in [0.25, 0.3) is 0 Å². The Kier molecular flexibility index (Phi) is 5.22. The van der Waals surface area contributed by atoms with Crippen LogP contribution in [0.3, 0.4) is 0 Å². The number of anilines is 1. The number of aromatic nitrogens is 2. The van der Waals surface area contributed by atoms with Gasteiger partial charge in [-0.25, -0.2) is 9.97 Å². The summed E-state index contributed by atoms with van der Waals surface area (Å²) in [6.07, 6.45) is 5.10. The van der Waals surface area contributed by atoms with Crippen molar-refractivity contribution in [3.8, 4) is 5.75 Å². The fourth-order valence-corrected chi connectivity index (χ4v) is 3.22. The molecular formula is C19H20ClN3O3. The van der Waals surface area contributed by atoms with E-state index in [0.29, 0.717) is 30.2 Å². The highest BCUT2D eigenvalue weighted by Crippen LogP contribution is 2.30. The second-order valence-electron chi connectivity index (χ2n) is 6.23. The molecule has 1 fully saturated rings. The standard InChI is InChI=1S/C19H20ClN3O3/c20-19-22-17-15(18(23-19)21-11-13-6-4-10-24-13)7-3-8-16(17)26-12-14-5-1-2-9-25-14/h3-4,6-8,10,14H,1-2,5,9,11-12H2,(H,21,22,23). The number of benzene rings is 1. The molecule has 1 saturated heterocycles. The van der Waals surface area contributed by atoms with Crippen molar-refractivity contribution in [2.24, 2.45) is 0 Å². The van der Waals surface area contributed by atoms with E-state index in [9.17, 15) is 0 Å². The number of furan rings is 1. The molecule has 0 saturated carbocycles. The van der Waals surface area contributed by atoms with E-state index in [-0.39, 0.29) is 11.4 Å². The average molecular weight is 374 g/mol. The monoisotopic (exact) mass is 373 g/mol. The summed E-state index contributed by atoms with van der Waals surface area (Å²) in [6, 6.07) is 9.51. The fraction of sp³-hybridized carbons (Fsp3) is 0.368. The van der Waals surface area contributed by atoms with Crippen molar-refractivity contribution < 1.29 is 13.9 Å². The van der Waals surface area contributed by atoms with Gasteiger partial charge in [-0.15, -0.1) is 0 Å². The van der Waals surface area contributed by atoms with Crippen molar-refractivity contribution >= 4 is 28.3 Å². The SMILES string of the molecule is Clc1nc(NCc2ccco2)c2cccc(OCC3CCCCO3)c2n1. The van der Waals surface area contributed by atoms with E-state index in [1.807, 2.05) is 30.3 Å². The van der Waals surface area contributed by atoms with E-state index in [1.165, 1.54) is 6.42 Å². The van der Waals surface area contributed by atoms with E-state index < -0.39 is 0 Å². The van der Waals surface area contributed by atoms with Crippen LogP contribution in [-0.4, -0.2) is 29.3 Å². The Morgan fingerprint density at radius 1 is 1.19 bits per heavy atom. The first-order valence-electron chi connectivity index (χ1n) is 8.76. The summed E-state index contributed by atoms with van der Waals surface area (Å²) in [6.45, 7) is 1.82. The molecule has 4 rings (SSSR count). The molecule has 3 aromatic rings. The fourth-order valence-electron chi connectivity index (χ4n) is 3.06. The third-order valence-electron chi connectivity index (χ3n) is 4.37. The number of hydrogen-bond donors (Lipinski definition) is 1. The molecule has 1 aliphatic heterocycles.